The van der Waals surface area contributed by atoms with Gasteiger partial charge in [-0.15, -0.1) is 0 Å². The number of amides is 1. The first-order valence-electron chi connectivity index (χ1n) is 7.34. The monoisotopic (exact) mass is 330 g/mol. The number of nitrogens with zero attached hydrogens (tertiary/aromatic N) is 1. The summed E-state index contributed by atoms with van der Waals surface area (Å²) < 4.78 is 11.0. The van der Waals surface area contributed by atoms with E-state index in [0.29, 0.717) is 12.4 Å². The van der Waals surface area contributed by atoms with Gasteiger partial charge in [-0.05, 0) is 31.2 Å². The Hall–Kier alpha value is -3.09. The van der Waals surface area contributed by atoms with Crippen molar-refractivity contribution in [1.29, 1.82) is 0 Å². The molecule has 24 heavy (non-hydrogen) atoms. The summed E-state index contributed by atoms with van der Waals surface area (Å²) in [6.07, 6.45) is 0. The number of ether oxygens (including phenoxy) is 2. The van der Waals surface area contributed by atoms with Crippen molar-refractivity contribution in [2.45, 2.75) is 13.8 Å². The van der Waals surface area contributed by atoms with Gasteiger partial charge in [-0.25, -0.2) is 0 Å². The predicted octanol–water partition coefficient (Wildman–Crippen LogP) is 3.32. The van der Waals surface area contributed by atoms with Gasteiger partial charge in [0.05, 0.1) is 11.0 Å². The van der Waals surface area contributed by atoms with E-state index in [1.54, 1.807) is 6.07 Å². The van der Waals surface area contributed by atoms with Crippen molar-refractivity contribution < 1.29 is 19.2 Å². The van der Waals surface area contributed by atoms with Crippen molar-refractivity contribution >= 4 is 17.3 Å². The van der Waals surface area contributed by atoms with E-state index in [0.717, 1.165) is 11.3 Å². The van der Waals surface area contributed by atoms with Crippen LogP contribution in [-0.2, 0) is 4.79 Å². The topological polar surface area (TPSA) is 90.7 Å². The normalized spacial score (nSPS) is 10.1. The molecule has 0 atom stereocenters. The highest BCUT2D eigenvalue weighted by Gasteiger charge is 2.16. The zero-order valence-electron chi connectivity index (χ0n) is 13.4. The standard InChI is InChI=1S/C17H18N2O5/c1-12-3-5-14(6-4-12)23-9-10-24-15-7-8-16(18-13(2)20)17(11-15)19(21)22/h3-8,11H,9-10H2,1-2H3,(H,18,20). The molecule has 2 rings (SSSR count). The summed E-state index contributed by atoms with van der Waals surface area (Å²) in [5.41, 5.74) is 1.06. The number of nitrogens with one attached hydrogen (secondary N) is 1. The predicted molar refractivity (Wildman–Crippen MR) is 89.6 cm³/mol. The average Bonchev–Trinajstić information content (AvgIpc) is 2.53. The molecule has 0 aliphatic heterocycles. The second-order valence-corrected chi connectivity index (χ2v) is 5.13. The van der Waals surface area contributed by atoms with Crippen LogP contribution in [0.15, 0.2) is 42.5 Å². The maximum Gasteiger partial charge on any atom is 0.296 e. The lowest BCUT2D eigenvalue weighted by Crippen LogP contribution is -2.10. The lowest BCUT2D eigenvalue weighted by atomic mass is 10.2. The molecular weight excluding hydrogens is 312 g/mol. The smallest absolute Gasteiger partial charge is 0.296 e. The van der Waals surface area contributed by atoms with Gasteiger partial charge in [-0.3, -0.25) is 14.9 Å². The molecule has 0 aromatic heterocycles. The second-order valence-electron chi connectivity index (χ2n) is 5.13. The van der Waals surface area contributed by atoms with Gasteiger partial charge in [0.25, 0.3) is 5.69 Å². The number of hydrogen-bond donors (Lipinski definition) is 1. The summed E-state index contributed by atoms with van der Waals surface area (Å²) in [7, 11) is 0. The largest absolute Gasteiger partial charge is 0.490 e. The molecule has 1 N–H and O–H groups in total. The van der Waals surface area contributed by atoms with Crippen LogP contribution in [0.4, 0.5) is 11.4 Å². The van der Waals surface area contributed by atoms with Crippen LogP contribution in [0.25, 0.3) is 0 Å². The van der Waals surface area contributed by atoms with Crippen molar-refractivity contribution in [3.05, 3.63) is 58.1 Å². The van der Waals surface area contributed by atoms with Crippen LogP contribution < -0.4 is 14.8 Å². The molecule has 0 fully saturated rings. The number of benzene rings is 2. The van der Waals surface area contributed by atoms with Crippen molar-refractivity contribution in [3.63, 3.8) is 0 Å². The summed E-state index contributed by atoms with van der Waals surface area (Å²) in [4.78, 5) is 21.6. The van der Waals surface area contributed by atoms with Gasteiger partial charge in [-0.1, -0.05) is 17.7 Å². The third kappa shape index (κ3) is 4.98. The Morgan fingerprint density at radius 2 is 1.67 bits per heavy atom. The number of rotatable bonds is 7. The van der Waals surface area contributed by atoms with Gasteiger partial charge in [0.2, 0.25) is 5.91 Å². The molecule has 7 nitrogen and oxygen atoms in total. The number of aryl methyl sites for hydroxylation is 1. The van der Waals surface area contributed by atoms with Gasteiger partial charge in [0.1, 0.15) is 30.4 Å². The van der Waals surface area contributed by atoms with Gasteiger partial charge in [0, 0.05) is 6.92 Å². The fourth-order valence-electron chi connectivity index (χ4n) is 2.00. The molecule has 0 heterocycles. The summed E-state index contributed by atoms with van der Waals surface area (Å²) in [6.45, 7) is 3.83. The number of nitro groups is 1. The minimum absolute atomic E-state index is 0.135. The summed E-state index contributed by atoms with van der Waals surface area (Å²) in [5, 5.41) is 13.5. The Labute approximate surface area is 139 Å². The van der Waals surface area contributed by atoms with E-state index in [4.69, 9.17) is 9.47 Å². The molecule has 0 saturated carbocycles. The Morgan fingerprint density at radius 1 is 1.08 bits per heavy atom. The molecule has 0 radical (unpaired) electrons. The summed E-state index contributed by atoms with van der Waals surface area (Å²) >= 11 is 0. The van der Waals surface area contributed by atoms with Gasteiger partial charge in [-0.2, -0.15) is 0 Å². The van der Waals surface area contributed by atoms with Crippen molar-refractivity contribution in [3.8, 4) is 11.5 Å². The molecule has 0 saturated heterocycles. The number of carbonyl (C=O) groups is 1. The van der Waals surface area contributed by atoms with Crippen LogP contribution in [0.1, 0.15) is 12.5 Å². The van der Waals surface area contributed by atoms with Crippen LogP contribution in [0.5, 0.6) is 11.5 Å². The van der Waals surface area contributed by atoms with E-state index in [2.05, 4.69) is 5.32 Å². The summed E-state index contributed by atoms with van der Waals surface area (Å²) in [5.74, 6) is 0.692. The number of hydrogen-bond acceptors (Lipinski definition) is 5. The van der Waals surface area contributed by atoms with Crippen LogP contribution in [-0.4, -0.2) is 24.0 Å². The van der Waals surface area contributed by atoms with Crippen molar-refractivity contribution in [2.75, 3.05) is 18.5 Å². The van der Waals surface area contributed by atoms with E-state index in [-0.39, 0.29) is 23.9 Å². The first kappa shape index (κ1) is 17.3. The molecule has 0 aliphatic carbocycles. The van der Waals surface area contributed by atoms with Gasteiger partial charge in [0.15, 0.2) is 0 Å². The Balaban J connectivity index is 1.92. The Bertz CT molecular complexity index is 728. The van der Waals surface area contributed by atoms with E-state index in [1.807, 2.05) is 31.2 Å². The number of carbonyl (C=O) groups excluding carboxylic acids is 1. The molecular formula is C17H18N2O5. The molecule has 2 aromatic rings. The highest BCUT2D eigenvalue weighted by molar-refractivity contribution is 5.91. The van der Waals surface area contributed by atoms with E-state index >= 15 is 0 Å². The first-order chi connectivity index (χ1) is 11.5. The molecule has 0 unspecified atom stereocenters. The van der Waals surface area contributed by atoms with E-state index in [1.165, 1.54) is 19.1 Å². The Kier molecular flexibility index (Phi) is 5.73. The third-order valence-electron chi connectivity index (χ3n) is 3.12. The van der Waals surface area contributed by atoms with Crippen LogP contribution in [0, 0.1) is 17.0 Å². The van der Waals surface area contributed by atoms with Gasteiger partial charge >= 0.3 is 0 Å². The van der Waals surface area contributed by atoms with Crippen molar-refractivity contribution in [2.24, 2.45) is 0 Å². The summed E-state index contributed by atoms with van der Waals surface area (Å²) in [6, 6.07) is 11.9. The molecule has 1 amide bonds. The quantitative estimate of drug-likeness (QED) is 0.478. The lowest BCUT2D eigenvalue weighted by Gasteiger charge is -2.10. The number of nitro benzene ring substituents is 1. The zero-order valence-corrected chi connectivity index (χ0v) is 13.4. The van der Waals surface area contributed by atoms with Crippen molar-refractivity contribution in [1.82, 2.24) is 0 Å². The molecule has 0 bridgehead atoms. The van der Waals surface area contributed by atoms with Crippen LogP contribution in [0.2, 0.25) is 0 Å². The third-order valence-corrected chi connectivity index (χ3v) is 3.12. The lowest BCUT2D eigenvalue weighted by molar-refractivity contribution is -0.384. The zero-order chi connectivity index (χ0) is 17.5. The molecule has 2 aromatic carbocycles. The van der Waals surface area contributed by atoms with Crippen LogP contribution in [0.3, 0.4) is 0 Å². The molecule has 7 heteroatoms. The highest BCUT2D eigenvalue weighted by Crippen LogP contribution is 2.29. The minimum atomic E-state index is -0.569. The first-order valence-corrected chi connectivity index (χ1v) is 7.34. The minimum Gasteiger partial charge on any atom is -0.490 e. The fourth-order valence-corrected chi connectivity index (χ4v) is 2.00. The van der Waals surface area contributed by atoms with E-state index in [9.17, 15) is 14.9 Å². The fraction of sp³-hybridized carbons (Fsp3) is 0.235. The van der Waals surface area contributed by atoms with Crippen LogP contribution >= 0.6 is 0 Å². The maximum absolute atomic E-state index is 11.1. The molecule has 0 aliphatic rings. The second kappa shape index (κ2) is 7.96. The SMILES string of the molecule is CC(=O)Nc1ccc(OCCOc2ccc(C)cc2)cc1[N+](=O)[O-]. The highest BCUT2D eigenvalue weighted by atomic mass is 16.6. The molecule has 0 spiro atoms. The van der Waals surface area contributed by atoms with E-state index < -0.39 is 4.92 Å². The Morgan fingerprint density at radius 3 is 2.25 bits per heavy atom. The van der Waals surface area contributed by atoms with Gasteiger partial charge < -0.3 is 14.8 Å². The average molecular weight is 330 g/mol. The number of anilines is 1. The molecule has 126 valence electrons. The maximum atomic E-state index is 11.1.